The van der Waals surface area contributed by atoms with Gasteiger partial charge in [0.2, 0.25) is 9.63 Å². The SMILES string of the molecule is CN1C(=O)N(c2cccc(C(F)(F)F)c2)C(=O)C1=NC(Nc1ccccc1)C(Cl)(Cl)Cl. The Hall–Kier alpha value is -2.49. The number of benzene rings is 2. The van der Waals surface area contributed by atoms with E-state index in [0.717, 1.165) is 17.0 Å². The Kier molecular flexibility index (Phi) is 6.40. The summed E-state index contributed by atoms with van der Waals surface area (Å²) in [7, 11) is 1.24. The van der Waals surface area contributed by atoms with E-state index in [1.54, 1.807) is 30.3 Å². The maximum Gasteiger partial charge on any atom is 0.416 e. The molecule has 12 heteroatoms. The molecule has 2 aromatic rings. The summed E-state index contributed by atoms with van der Waals surface area (Å²) >= 11 is 18.0. The third-order valence-corrected chi connectivity index (χ3v) is 4.88. The van der Waals surface area contributed by atoms with Crippen molar-refractivity contribution in [3.05, 3.63) is 60.2 Å². The number of imide groups is 1. The Balaban J connectivity index is 1.97. The minimum atomic E-state index is -4.65. The number of nitrogens with one attached hydrogen (secondary N) is 1. The molecule has 31 heavy (non-hydrogen) atoms. The first kappa shape index (κ1) is 23.2. The van der Waals surface area contributed by atoms with Crippen molar-refractivity contribution in [2.75, 3.05) is 17.3 Å². The molecular formula is C19H14Cl3F3N4O2. The molecule has 1 aliphatic heterocycles. The topological polar surface area (TPSA) is 65.0 Å². The van der Waals surface area contributed by atoms with Gasteiger partial charge < -0.3 is 5.32 Å². The molecule has 3 amide bonds. The Labute approximate surface area is 190 Å². The quantitative estimate of drug-likeness (QED) is 0.464. The smallest absolute Gasteiger partial charge is 0.360 e. The monoisotopic (exact) mass is 492 g/mol. The highest BCUT2D eigenvalue weighted by Crippen LogP contribution is 2.35. The summed E-state index contributed by atoms with van der Waals surface area (Å²) in [5.74, 6) is -1.36. The van der Waals surface area contributed by atoms with E-state index in [1.165, 1.54) is 13.1 Å². The molecule has 164 valence electrons. The van der Waals surface area contributed by atoms with Crippen molar-refractivity contribution in [2.24, 2.45) is 4.99 Å². The van der Waals surface area contributed by atoms with Gasteiger partial charge in [0.1, 0.15) is 0 Å². The van der Waals surface area contributed by atoms with Crippen LogP contribution in [0.25, 0.3) is 0 Å². The molecule has 0 aliphatic carbocycles. The van der Waals surface area contributed by atoms with Crippen LogP contribution >= 0.6 is 34.8 Å². The molecule has 0 bridgehead atoms. The van der Waals surface area contributed by atoms with Gasteiger partial charge in [-0.1, -0.05) is 59.1 Å². The van der Waals surface area contributed by atoms with Gasteiger partial charge in [0.05, 0.1) is 11.3 Å². The van der Waals surface area contributed by atoms with E-state index in [0.29, 0.717) is 16.7 Å². The Bertz CT molecular complexity index is 1030. The molecule has 1 unspecified atom stereocenters. The van der Waals surface area contributed by atoms with Gasteiger partial charge in [-0.15, -0.1) is 0 Å². The van der Waals surface area contributed by atoms with Gasteiger partial charge in [-0.3, -0.25) is 9.69 Å². The van der Waals surface area contributed by atoms with Gasteiger partial charge in [-0.2, -0.15) is 13.2 Å². The molecule has 1 aliphatic rings. The summed E-state index contributed by atoms with van der Waals surface area (Å²) < 4.78 is 37.1. The zero-order valence-corrected chi connectivity index (χ0v) is 18.0. The second-order valence-electron chi connectivity index (χ2n) is 6.44. The van der Waals surface area contributed by atoms with Crippen molar-refractivity contribution in [3.63, 3.8) is 0 Å². The molecule has 0 saturated carbocycles. The third kappa shape index (κ3) is 5.06. The summed E-state index contributed by atoms with van der Waals surface area (Å²) in [6.07, 6.45) is -5.93. The number of hydrogen-bond acceptors (Lipinski definition) is 4. The lowest BCUT2D eigenvalue weighted by molar-refractivity contribution is -0.137. The van der Waals surface area contributed by atoms with Crippen molar-refractivity contribution in [1.82, 2.24) is 4.90 Å². The molecular weight excluding hydrogens is 480 g/mol. The molecule has 0 aromatic heterocycles. The molecule has 0 radical (unpaired) electrons. The average Bonchev–Trinajstić information content (AvgIpc) is 2.90. The lowest BCUT2D eigenvalue weighted by Crippen LogP contribution is -2.36. The molecule has 3 rings (SSSR count). The van der Waals surface area contributed by atoms with Gasteiger partial charge in [0.15, 0.2) is 6.17 Å². The van der Waals surface area contributed by atoms with Gasteiger partial charge in [0, 0.05) is 12.7 Å². The van der Waals surface area contributed by atoms with E-state index in [1.807, 2.05) is 0 Å². The van der Waals surface area contributed by atoms with Gasteiger partial charge in [-0.05, 0) is 30.3 Å². The Morgan fingerprint density at radius 2 is 1.65 bits per heavy atom. The number of likely N-dealkylation sites (N-methyl/N-ethyl adjacent to an activating group) is 1. The Morgan fingerprint density at radius 1 is 1.00 bits per heavy atom. The van der Waals surface area contributed by atoms with Crippen LogP contribution in [0, 0.1) is 0 Å². The number of urea groups is 1. The van der Waals surface area contributed by atoms with Crippen molar-refractivity contribution in [2.45, 2.75) is 16.1 Å². The highest BCUT2D eigenvalue weighted by Gasteiger charge is 2.44. The molecule has 6 nitrogen and oxygen atoms in total. The predicted octanol–water partition coefficient (Wildman–Crippen LogP) is 5.31. The first-order valence-corrected chi connectivity index (χ1v) is 9.78. The number of amides is 3. The minimum absolute atomic E-state index is 0.261. The second-order valence-corrected chi connectivity index (χ2v) is 8.81. The number of aliphatic imine (C=N–C) groups is 1. The molecule has 1 saturated heterocycles. The average molecular weight is 494 g/mol. The van der Waals surface area contributed by atoms with Crippen LogP contribution in [0.15, 0.2) is 59.6 Å². The van der Waals surface area contributed by atoms with Crippen LogP contribution in [0.3, 0.4) is 0 Å². The van der Waals surface area contributed by atoms with E-state index in [4.69, 9.17) is 34.8 Å². The maximum absolute atomic E-state index is 13.0. The highest BCUT2D eigenvalue weighted by atomic mass is 35.6. The fourth-order valence-corrected chi connectivity index (χ4v) is 3.07. The molecule has 2 aromatic carbocycles. The first-order chi connectivity index (χ1) is 14.4. The largest absolute Gasteiger partial charge is 0.416 e. The van der Waals surface area contributed by atoms with Crippen molar-refractivity contribution >= 4 is 64.0 Å². The number of rotatable bonds is 4. The lowest BCUT2D eigenvalue weighted by atomic mass is 10.2. The molecule has 1 atom stereocenters. The van der Waals surface area contributed by atoms with Gasteiger partial charge in [0.25, 0.3) is 0 Å². The zero-order chi connectivity index (χ0) is 23.0. The van der Waals surface area contributed by atoms with E-state index >= 15 is 0 Å². The normalized spacial score (nSPS) is 17.5. The molecule has 0 spiro atoms. The summed E-state index contributed by atoms with van der Waals surface area (Å²) in [6.45, 7) is 0. The first-order valence-electron chi connectivity index (χ1n) is 8.65. The predicted molar refractivity (Wildman–Crippen MR) is 114 cm³/mol. The van der Waals surface area contributed by atoms with Crippen LogP contribution in [-0.2, 0) is 11.0 Å². The zero-order valence-electron chi connectivity index (χ0n) is 15.7. The number of halogens is 6. The maximum atomic E-state index is 13.0. The minimum Gasteiger partial charge on any atom is -0.360 e. The van der Waals surface area contributed by atoms with Crippen LogP contribution < -0.4 is 10.2 Å². The van der Waals surface area contributed by atoms with E-state index in [2.05, 4.69) is 10.3 Å². The summed E-state index contributed by atoms with van der Waals surface area (Å²) in [5, 5.41) is 2.84. The highest BCUT2D eigenvalue weighted by molar-refractivity contribution is 6.68. The van der Waals surface area contributed by atoms with Crippen molar-refractivity contribution < 1.29 is 22.8 Å². The van der Waals surface area contributed by atoms with Gasteiger partial charge >= 0.3 is 18.1 Å². The number of para-hydroxylation sites is 1. The standard InChI is InChI=1S/C19H14Cl3F3N4O2/c1-28-14(27-16(18(20,21)22)26-12-7-3-2-4-8-12)15(30)29(17(28)31)13-9-5-6-11(10-13)19(23,24)25/h2-10,16,26H,1H3. The molecule has 1 fully saturated rings. The van der Waals surface area contributed by atoms with E-state index < -0.39 is 39.5 Å². The van der Waals surface area contributed by atoms with E-state index in [9.17, 15) is 22.8 Å². The van der Waals surface area contributed by atoms with Crippen LogP contribution in [0.2, 0.25) is 0 Å². The number of anilines is 2. The third-order valence-electron chi connectivity index (χ3n) is 4.26. The van der Waals surface area contributed by atoms with Crippen molar-refractivity contribution in [3.8, 4) is 0 Å². The summed E-state index contributed by atoms with van der Waals surface area (Å²) in [5.41, 5.74) is -0.746. The number of carbonyl (C=O) groups is 2. The second kappa shape index (κ2) is 8.57. The fraction of sp³-hybridized carbons (Fsp3) is 0.211. The lowest BCUT2D eigenvalue weighted by Gasteiger charge is -2.23. The van der Waals surface area contributed by atoms with Crippen LogP contribution in [0.1, 0.15) is 5.56 Å². The van der Waals surface area contributed by atoms with Crippen molar-refractivity contribution in [1.29, 1.82) is 0 Å². The van der Waals surface area contributed by atoms with Crippen LogP contribution in [0.4, 0.5) is 29.3 Å². The fourth-order valence-electron chi connectivity index (χ4n) is 2.76. The summed E-state index contributed by atoms with van der Waals surface area (Å²) in [6, 6.07) is 11.5. The number of hydrogen-bond donors (Lipinski definition) is 1. The Morgan fingerprint density at radius 3 is 2.23 bits per heavy atom. The number of nitrogens with zero attached hydrogens (tertiary/aromatic N) is 3. The number of alkyl halides is 6. The molecule has 1 heterocycles. The number of amidine groups is 1. The summed E-state index contributed by atoms with van der Waals surface area (Å²) in [4.78, 5) is 31.1. The number of carbonyl (C=O) groups excluding carboxylic acids is 2. The van der Waals surface area contributed by atoms with E-state index in [-0.39, 0.29) is 5.69 Å². The van der Waals surface area contributed by atoms with Gasteiger partial charge in [-0.25, -0.2) is 14.7 Å². The van der Waals surface area contributed by atoms with Crippen LogP contribution in [-0.4, -0.2) is 39.7 Å². The molecule has 1 N–H and O–H groups in total. The van der Waals surface area contributed by atoms with Crippen LogP contribution in [0.5, 0.6) is 0 Å².